The highest BCUT2D eigenvalue weighted by Crippen LogP contribution is 2.15. The SMILES string of the molecule is CCCCOCCOc1nc(C)ccc1C(N)=S. The van der Waals surface area contributed by atoms with E-state index in [2.05, 4.69) is 11.9 Å². The number of unbranched alkanes of at least 4 members (excludes halogenated alkanes) is 1. The Morgan fingerprint density at radius 1 is 1.33 bits per heavy atom. The van der Waals surface area contributed by atoms with Crippen molar-refractivity contribution < 1.29 is 9.47 Å². The summed E-state index contributed by atoms with van der Waals surface area (Å²) in [6.45, 7) is 5.80. The fourth-order valence-corrected chi connectivity index (χ4v) is 1.53. The van der Waals surface area contributed by atoms with Crippen LogP contribution in [0.15, 0.2) is 12.1 Å². The molecule has 0 saturated carbocycles. The van der Waals surface area contributed by atoms with Crippen LogP contribution in [0, 0.1) is 6.92 Å². The van der Waals surface area contributed by atoms with E-state index >= 15 is 0 Å². The molecule has 0 atom stereocenters. The maximum atomic E-state index is 5.61. The molecule has 100 valence electrons. The highest BCUT2D eigenvalue weighted by atomic mass is 32.1. The van der Waals surface area contributed by atoms with Gasteiger partial charge in [-0.1, -0.05) is 25.6 Å². The van der Waals surface area contributed by atoms with Crippen molar-refractivity contribution in [1.82, 2.24) is 4.98 Å². The van der Waals surface area contributed by atoms with Gasteiger partial charge in [0, 0.05) is 12.3 Å². The zero-order valence-electron chi connectivity index (χ0n) is 10.9. The molecule has 0 saturated heterocycles. The van der Waals surface area contributed by atoms with E-state index in [0.29, 0.717) is 29.6 Å². The fourth-order valence-electron chi connectivity index (χ4n) is 1.38. The van der Waals surface area contributed by atoms with E-state index in [-0.39, 0.29) is 0 Å². The molecule has 0 aliphatic carbocycles. The lowest BCUT2D eigenvalue weighted by molar-refractivity contribution is 0.0964. The molecule has 1 aromatic rings. The van der Waals surface area contributed by atoms with Crippen LogP contribution >= 0.6 is 12.2 Å². The Morgan fingerprint density at radius 3 is 2.78 bits per heavy atom. The summed E-state index contributed by atoms with van der Waals surface area (Å²) in [6.07, 6.45) is 2.20. The van der Waals surface area contributed by atoms with E-state index in [1.807, 2.05) is 19.1 Å². The van der Waals surface area contributed by atoms with Gasteiger partial charge in [-0.15, -0.1) is 0 Å². The summed E-state index contributed by atoms with van der Waals surface area (Å²) in [7, 11) is 0. The van der Waals surface area contributed by atoms with Crippen molar-refractivity contribution in [2.75, 3.05) is 19.8 Å². The number of rotatable bonds is 8. The summed E-state index contributed by atoms with van der Waals surface area (Å²) in [6, 6.07) is 3.69. The lowest BCUT2D eigenvalue weighted by Crippen LogP contribution is -2.15. The van der Waals surface area contributed by atoms with E-state index in [0.717, 1.165) is 25.1 Å². The number of ether oxygens (including phenoxy) is 2. The molecule has 0 spiro atoms. The van der Waals surface area contributed by atoms with E-state index in [4.69, 9.17) is 27.4 Å². The summed E-state index contributed by atoms with van der Waals surface area (Å²) in [5, 5.41) is 0. The zero-order chi connectivity index (χ0) is 13.4. The van der Waals surface area contributed by atoms with Gasteiger partial charge >= 0.3 is 0 Å². The van der Waals surface area contributed by atoms with Gasteiger partial charge in [-0.3, -0.25) is 0 Å². The summed E-state index contributed by atoms with van der Waals surface area (Å²) < 4.78 is 11.0. The van der Waals surface area contributed by atoms with E-state index in [1.165, 1.54) is 0 Å². The van der Waals surface area contributed by atoms with Gasteiger partial charge in [0.2, 0.25) is 5.88 Å². The number of nitrogens with two attached hydrogens (primary N) is 1. The maximum Gasteiger partial charge on any atom is 0.224 e. The molecule has 5 heteroatoms. The molecule has 0 aliphatic heterocycles. The third-order valence-corrected chi connectivity index (χ3v) is 2.59. The number of aromatic nitrogens is 1. The van der Waals surface area contributed by atoms with Gasteiger partial charge in [-0.05, 0) is 25.5 Å². The molecule has 4 nitrogen and oxygen atoms in total. The van der Waals surface area contributed by atoms with Crippen LogP contribution in [-0.2, 0) is 4.74 Å². The molecule has 1 rings (SSSR count). The number of thiocarbonyl (C=S) groups is 1. The third kappa shape index (κ3) is 4.98. The summed E-state index contributed by atoms with van der Waals surface area (Å²) in [4.78, 5) is 4.58. The topological polar surface area (TPSA) is 57.4 Å². The Labute approximate surface area is 113 Å². The van der Waals surface area contributed by atoms with E-state index in [1.54, 1.807) is 0 Å². The predicted octanol–water partition coefficient (Wildman–Crippen LogP) is 2.22. The molecule has 2 N–H and O–H groups in total. The Bertz CT molecular complexity index is 397. The number of hydrogen-bond donors (Lipinski definition) is 1. The average Bonchev–Trinajstić information content (AvgIpc) is 2.33. The molecule has 0 bridgehead atoms. The zero-order valence-corrected chi connectivity index (χ0v) is 11.8. The third-order valence-electron chi connectivity index (χ3n) is 2.37. The van der Waals surface area contributed by atoms with Gasteiger partial charge in [-0.25, -0.2) is 4.98 Å². The minimum Gasteiger partial charge on any atom is -0.475 e. The van der Waals surface area contributed by atoms with Crippen molar-refractivity contribution in [3.63, 3.8) is 0 Å². The first-order valence-corrected chi connectivity index (χ1v) is 6.54. The minimum absolute atomic E-state index is 0.296. The van der Waals surface area contributed by atoms with Crippen LogP contribution in [-0.4, -0.2) is 29.8 Å². The average molecular weight is 268 g/mol. The Kier molecular flexibility index (Phi) is 6.60. The van der Waals surface area contributed by atoms with Crippen molar-refractivity contribution >= 4 is 17.2 Å². The molecular weight excluding hydrogens is 248 g/mol. The highest BCUT2D eigenvalue weighted by Gasteiger charge is 2.08. The largest absolute Gasteiger partial charge is 0.475 e. The number of hydrogen-bond acceptors (Lipinski definition) is 4. The molecule has 0 fully saturated rings. The first-order valence-electron chi connectivity index (χ1n) is 6.13. The van der Waals surface area contributed by atoms with Crippen LogP contribution in [0.3, 0.4) is 0 Å². The molecule has 0 aromatic carbocycles. The van der Waals surface area contributed by atoms with Crippen LogP contribution in [0.1, 0.15) is 31.0 Å². The van der Waals surface area contributed by atoms with Crippen LogP contribution in [0.4, 0.5) is 0 Å². The van der Waals surface area contributed by atoms with Gasteiger partial charge < -0.3 is 15.2 Å². The molecule has 18 heavy (non-hydrogen) atoms. The smallest absolute Gasteiger partial charge is 0.224 e. The lowest BCUT2D eigenvalue weighted by atomic mass is 10.2. The van der Waals surface area contributed by atoms with Gasteiger partial charge in [0.1, 0.15) is 11.6 Å². The monoisotopic (exact) mass is 268 g/mol. The second kappa shape index (κ2) is 8.00. The quantitative estimate of drug-likeness (QED) is 0.578. The Morgan fingerprint density at radius 2 is 2.11 bits per heavy atom. The second-order valence-electron chi connectivity index (χ2n) is 3.98. The van der Waals surface area contributed by atoms with Gasteiger partial charge in [0.15, 0.2) is 0 Å². The fraction of sp³-hybridized carbons (Fsp3) is 0.538. The molecule has 0 unspecified atom stereocenters. The molecule has 0 radical (unpaired) electrons. The number of pyridine rings is 1. The lowest BCUT2D eigenvalue weighted by Gasteiger charge is -2.10. The van der Waals surface area contributed by atoms with Crippen molar-refractivity contribution in [2.45, 2.75) is 26.7 Å². The highest BCUT2D eigenvalue weighted by molar-refractivity contribution is 7.80. The minimum atomic E-state index is 0.296. The molecular formula is C13H20N2O2S. The maximum absolute atomic E-state index is 5.61. The van der Waals surface area contributed by atoms with Gasteiger partial charge in [0.05, 0.1) is 12.2 Å². The van der Waals surface area contributed by atoms with Crippen LogP contribution in [0.25, 0.3) is 0 Å². The summed E-state index contributed by atoms with van der Waals surface area (Å²) >= 11 is 4.96. The van der Waals surface area contributed by atoms with Crippen LogP contribution in [0.5, 0.6) is 5.88 Å². The van der Waals surface area contributed by atoms with Crippen molar-refractivity contribution in [2.24, 2.45) is 5.73 Å². The molecule has 1 aromatic heterocycles. The Balaban J connectivity index is 2.45. The normalized spacial score (nSPS) is 10.3. The first kappa shape index (κ1) is 14.9. The molecule has 0 amide bonds. The molecule has 1 heterocycles. The van der Waals surface area contributed by atoms with Crippen LogP contribution < -0.4 is 10.5 Å². The van der Waals surface area contributed by atoms with Gasteiger partial charge in [-0.2, -0.15) is 0 Å². The Hall–Kier alpha value is -1.20. The van der Waals surface area contributed by atoms with E-state index in [9.17, 15) is 0 Å². The standard InChI is InChI=1S/C13H20N2O2S/c1-3-4-7-16-8-9-17-13-11(12(14)18)6-5-10(2)15-13/h5-6H,3-4,7-9H2,1-2H3,(H2,14,18). The van der Waals surface area contributed by atoms with E-state index < -0.39 is 0 Å². The van der Waals surface area contributed by atoms with Crippen molar-refractivity contribution in [3.05, 3.63) is 23.4 Å². The number of aryl methyl sites for hydroxylation is 1. The summed E-state index contributed by atoms with van der Waals surface area (Å²) in [5.74, 6) is 0.488. The number of nitrogens with zero attached hydrogens (tertiary/aromatic N) is 1. The first-order chi connectivity index (χ1) is 8.65. The van der Waals surface area contributed by atoms with Gasteiger partial charge in [0.25, 0.3) is 0 Å². The summed E-state index contributed by atoms with van der Waals surface area (Å²) in [5.41, 5.74) is 7.16. The van der Waals surface area contributed by atoms with Crippen molar-refractivity contribution in [1.29, 1.82) is 0 Å². The predicted molar refractivity (Wildman–Crippen MR) is 76.1 cm³/mol. The molecule has 0 aliphatic rings. The second-order valence-corrected chi connectivity index (χ2v) is 4.42. The van der Waals surface area contributed by atoms with Crippen LogP contribution in [0.2, 0.25) is 0 Å². The van der Waals surface area contributed by atoms with Crippen molar-refractivity contribution in [3.8, 4) is 5.88 Å².